The summed E-state index contributed by atoms with van der Waals surface area (Å²) in [7, 11) is 1.35. The number of fused-ring (bicyclic) bond motifs is 2. The molecule has 2 fully saturated rings. The van der Waals surface area contributed by atoms with E-state index in [-0.39, 0.29) is 55.0 Å². The molecule has 18 heteroatoms. The van der Waals surface area contributed by atoms with Crippen molar-refractivity contribution in [3.63, 3.8) is 0 Å². The van der Waals surface area contributed by atoms with Crippen LogP contribution >= 0.6 is 0 Å². The Morgan fingerprint density at radius 1 is 0.667 bits per heavy atom. The standard InChI is InChI=1S/2C20H22N4O3.C3H6O2.C2H4O2/c2*1-12-4-2-3-5-15(12)18(26)16-8-21-19-17(16)20(23-11-22-19)24-13-6-7-14(9-25)27-10-13;1-3(4)5-2;1-2(3)4/h2*2-5,8,11,13-14,25H,6-7,9-10H2,1H3,(H2,21,22,23,24);1-2H3;1H3,(H,3,4)/t2*13-,14+;;/m11../s1. The minimum Gasteiger partial charge on any atom is -0.481 e. The van der Waals surface area contributed by atoms with E-state index in [4.69, 9.17) is 19.4 Å². The Labute approximate surface area is 363 Å². The number of carboxylic acid groups (broad SMARTS) is 1. The van der Waals surface area contributed by atoms with Crippen molar-refractivity contribution in [1.82, 2.24) is 29.9 Å². The second kappa shape index (κ2) is 23.0. The van der Waals surface area contributed by atoms with Crippen molar-refractivity contribution in [2.45, 2.75) is 77.7 Å². The molecule has 0 aliphatic carbocycles. The quantitative estimate of drug-likeness (QED) is 0.0692. The number of hydrogen-bond donors (Lipinski definition) is 7. The third-order valence-corrected chi connectivity index (χ3v) is 10.3. The third kappa shape index (κ3) is 12.7. The molecule has 4 atom stereocenters. The SMILES string of the molecule is CC(=O)O.COC(C)=O.Cc1ccccc1C(=O)c1c[nH]c2ncnc(N[C@@H]3CC[C@@H](CO)OC3)c12.Cc1ccccc1C(=O)c1c[nH]c2ncnc(N[C@@H]3CC[C@@H](CO)OC3)c12. The summed E-state index contributed by atoms with van der Waals surface area (Å²) < 4.78 is 15.4. The summed E-state index contributed by atoms with van der Waals surface area (Å²) >= 11 is 0. The number of nitrogens with zero attached hydrogens (tertiary/aromatic N) is 4. The van der Waals surface area contributed by atoms with E-state index in [0.29, 0.717) is 69.2 Å². The van der Waals surface area contributed by atoms with Crippen LogP contribution in [0.25, 0.3) is 22.1 Å². The van der Waals surface area contributed by atoms with Crippen LogP contribution in [0, 0.1) is 13.8 Å². The van der Waals surface area contributed by atoms with Crippen molar-refractivity contribution in [2.75, 3.05) is 44.2 Å². The summed E-state index contributed by atoms with van der Waals surface area (Å²) in [5.41, 5.74) is 5.53. The predicted molar refractivity (Wildman–Crippen MR) is 235 cm³/mol. The second-order valence-electron chi connectivity index (χ2n) is 14.9. The maximum Gasteiger partial charge on any atom is 0.302 e. The number of H-pyrrole nitrogens is 2. The molecule has 0 unspecified atom stereocenters. The first kappa shape index (κ1) is 47.4. The van der Waals surface area contributed by atoms with Crippen LogP contribution in [0.4, 0.5) is 11.6 Å². The molecule has 0 saturated carbocycles. The zero-order valence-corrected chi connectivity index (χ0v) is 35.9. The number of anilines is 2. The number of carbonyl (C=O) groups is 4. The smallest absolute Gasteiger partial charge is 0.302 e. The van der Waals surface area contributed by atoms with Gasteiger partial charge in [-0.3, -0.25) is 19.2 Å². The summed E-state index contributed by atoms with van der Waals surface area (Å²) in [5, 5.41) is 34.0. The number of aliphatic hydroxyl groups is 2. The van der Waals surface area contributed by atoms with Crippen LogP contribution < -0.4 is 10.6 Å². The molecule has 2 aliphatic rings. The highest BCUT2D eigenvalue weighted by Crippen LogP contribution is 2.30. The first-order chi connectivity index (χ1) is 30.3. The second-order valence-corrected chi connectivity index (χ2v) is 14.9. The van der Waals surface area contributed by atoms with Crippen LogP contribution in [-0.2, 0) is 23.8 Å². The van der Waals surface area contributed by atoms with Gasteiger partial charge in [-0.25, -0.2) is 19.9 Å². The number of rotatable bonds is 10. The Morgan fingerprint density at radius 2 is 1.05 bits per heavy atom. The van der Waals surface area contributed by atoms with Gasteiger partial charge >= 0.3 is 5.97 Å². The van der Waals surface area contributed by atoms with Crippen LogP contribution in [0.5, 0.6) is 0 Å². The van der Waals surface area contributed by atoms with Gasteiger partial charge in [0.15, 0.2) is 11.6 Å². The number of aryl methyl sites for hydroxylation is 2. The Morgan fingerprint density at radius 3 is 1.37 bits per heavy atom. The van der Waals surface area contributed by atoms with Gasteiger partial charge in [0.25, 0.3) is 5.97 Å². The number of esters is 1. The molecule has 2 aromatic carbocycles. The number of ketones is 2. The van der Waals surface area contributed by atoms with Crippen LogP contribution in [0.3, 0.4) is 0 Å². The van der Waals surface area contributed by atoms with Crippen molar-refractivity contribution in [3.05, 3.63) is 107 Å². The molecule has 0 amide bonds. The number of benzene rings is 2. The summed E-state index contributed by atoms with van der Waals surface area (Å²) in [6.45, 7) is 7.35. The van der Waals surface area contributed by atoms with Gasteiger partial charge in [0.05, 0.1) is 79.7 Å². The van der Waals surface area contributed by atoms with Crippen molar-refractivity contribution in [1.29, 1.82) is 0 Å². The first-order valence-corrected chi connectivity index (χ1v) is 20.4. The topological polar surface area (TPSA) is 264 Å². The summed E-state index contributed by atoms with van der Waals surface area (Å²) in [5.74, 6) is 0.0448. The van der Waals surface area contributed by atoms with Gasteiger partial charge in [-0.15, -0.1) is 0 Å². The molecule has 2 saturated heterocycles. The Kier molecular flexibility index (Phi) is 17.3. The monoisotopic (exact) mass is 866 g/mol. The van der Waals surface area contributed by atoms with Crippen LogP contribution in [0.1, 0.15) is 82.5 Å². The zero-order valence-electron chi connectivity index (χ0n) is 35.9. The molecule has 0 bridgehead atoms. The fourth-order valence-electron chi connectivity index (χ4n) is 6.96. The Bertz CT molecular complexity index is 2310. The molecule has 63 heavy (non-hydrogen) atoms. The minimum atomic E-state index is -0.833. The summed E-state index contributed by atoms with van der Waals surface area (Å²) in [6, 6.07) is 15.2. The normalized spacial score (nSPS) is 18.0. The number of methoxy groups -OCH3 is 1. The zero-order chi connectivity index (χ0) is 45.5. The van der Waals surface area contributed by atoms with Gasteiger partial charge in [-0.2, -0.15) is 0 Å². The number of aromatic amines is 2. The van der Waals surface area contributed by atoms with Crippen molar-refractivity contribution in [3.8, 4) is 0 Å². The van der Waals surface area contributed by atoms with E-state index in [2.05, 4.69) is 45.3 Å². The average molecular weight is 867 g/mol. The Balaban J connectivity index is 0.000000199. The molecule has 6 aromatic rings. The van der Waals surface area contributed by atoms with E-state index >= 15 is 0 Å². The third-order valence-electron chi connectivity index (χ3n) is 10.3. The molecule has 0 radical (unpaired) electrons. The number of aliphatic hydroxyl groups excluding tert-OH is 2. The van der Waals surface area contributed by atoms with E-state index in [1.807, 2.05) is 62.4 Å². The lowest BCUT2D eigenvalue weighted by atomic mass is 9.99. The number of aromatic nitrogens is 6. The van der Waals surface area contributed by atoms with Gasteiger partial charge in [0.2, 0.25) is 0 Å². The summed E-state index contributed by atoms with van der Waals surface area (Å²) in [4.78, 5) is 68.2. The van der Waals surface area contributed by atoms with Crippen LogP contribution in [0.15, 0.2) is 73.6 Å². The van der Waals surface area contributed by atoms with Crippen molar-refractivity contribution < 1.29 is 48.7 Å². The fourth-order valence-corrected chi connectivity index (χ4v) is 6.96. The lowest BCUT2D eigenvalue weighted by Gasteiger charge is -2.29. The van der Waals surface area contributed by atoms with E-state index in [1.165, 1.54) is 26.7 Å². The highest BCUT2D eigenvalue weighted by molar-refractivity contribution is 6.19. The molecule has 18 nitrogen and oxygen atoms in total. The number of carboxylic acids is 1. The van der Waals surface area contributed by atoms with Crippen molar-refractivity contribution in [2.24, 2.45) is 0 Å². The number of ether oxygens (including phenoxy) is 3. The van der Waals surface area contributed by atoms with Gasteiger partial charge in [0.1, 0.15) is 35.6 Å². The highest BCUT2D eigenvalue weighted by atomic mass is 16.5. The van der Waals surface area contributed by atoms with Crippen LogP contribution in [0.2, 0.25) is 0 Å². The Hall–Kier alpha value is -6.60. The van der Waals surface area contributed by atoms with E-state index in [0.717, 1.165) is 43.7 Å². The van der Waals surface area contributed by atoms with Gasteiger partial charge in [-0.05, 0) is 50.7 Å². The molecule has 4 aromatic heterocycles. The molecule has 8 rings (SSSR count). The van der Waals surface area contributed by atoms with Gasteiger partial charge < -0.3 is 50.1 Å². The lowest BCUT2D eigenvalue weighted by Crippen LogP contribution is -2.36. The summed E-state index contributed by atoms with van der Waals surface area (Å²) in [6.07, 6.45) is 9.43. The van der Waals surface area contributed by atoms with Gasteiger partial charge in [0, 0.05) is 37.4 Å². The fraction of sp³-hybridized carbons (Fsp3) is 0.378. The molecule has 2 aliphatic heterocycles. The average Bonchev–Trinajstić information content (AvgIpc) is 3.94. The number of carbonyl (C=O) groups excluding carboxylic acids is 3. The molecule has 6 heterocycles. The lowest BCUT2D eigenvalue weighted by molar-refractivity contribution is -0.138. The maximum atomic E-state index is 13.1. The largest absolute Gasteiger partial charge is 0.481 e. The predicted octanol–water partition coefficient (Wildman–Crippen LogP) is 5.17. The first-order valence-electron chi connectivity index (χ1n) is 20.4. The molecule has 334 valence electrons. The van der Waals surface area contributed by atoms with E-state index in [9.17, 15) is 24.6 Å². The minimum absolute atomic E-state index is 0.0390. The molecule has 0 spiro atoms. The van der Waals surface area contributed by atoms with E-state index in [1.54, 1.807) is 12.4 Å². The molecule has 7 N–H and O–H groups in total. The number of aliphatic carboxylic acids is 1. The molecular formula is C45H54N8O10. The maximum absolute atomic E-state index is 13.1. The van der Waals surface area contributed by atoms with Gasteiger partial charge in [-0.1, -0.05) is 48.5 Å². The molecular weight excluding hydrogens is 813 g/mol. The van der Waals surface area contributed by atoms with Crippen LogP contribution in [-0.4, -0.2) is 127 Å². The number of hydrogen-bond acceptors (Lipinski definition) is 15. The number of nitrogens with one attached hydrogen (secondary N) is 4. The van der Waals surface area contributed by atoms with Crippen molar-refractivity contribution >= 4 is 57.2 Å². The highest BCUT2D eigenvalue weighted by Gasteiger charge is 2.26. The van der Waals surface area contributed by atoms with E-state index < -0.39 is 5.97 Å².